The Hall–Kier alpha value is -4.13. The van der Waals surface area contributed by atoms with Gasteiger partial charge in [0.2, 0.25) is 5.89 Å². The predicted octanol–water partition coefficient (Wildman–Crippen LogP) is 4.89. The van der Waals surface area contributed by atoms with Gasteiger partial charge in [-0.1, -0.05) is 6.07 Å². The molecule has 0 aliphatic carbocycles. The van der Waals surface area contributed by atoms with E-state index in [1.54, 1.807) is 6.92 Å². The molecule has 3 rings (SSSR count). The van der Waals surface area contributed by atoms with Crippen LogP contribution in [0.1, 0.15) is 54.0 Å². The number of rotatable bonds is 13. The predicted molar refractivity (Wildman–Crippen MR) is 130 cm³/mol. The van der Waals surface area contributed by atoms with Gasteiger partial charge in [-0.15, -0.1) is 0 Å². The van der Waals surface area contributed by atoms with E-state index in [1.807, 2.05) is 0 Å². The SMILES string of the molecule is COC(=O)CCCCOc1cc(-c2nc(C(=O)NCc3ccc(F)cc3F)c([C@H](C)N)o2)ccc1OC(F)F. The molecule has 0 aliphatic rings. The highest BCUT2D eigenvalue weighted by Crippen LogP contribution is 2.35. The Bertz CT molecular complexity index is 1300. The van der Waals surface area contributed by atoms with Crippen molar-refractivity contribution >= 4 is 11.9 Å². The number of oxazole rings is 1. The number of ether oxygens (including phenoxy) is 3. The normalized spacial score (nSPS) is 11.8. The van der Waals surface area contributed by atoms with Crippen LogP contribution in [0.25, 0.3) is 11.5 Å². The smallest absolute Gasteiger partial charge is 0.387 e. The van der Waals surface area contributed by atoms with Crippen molar-refractivity contribution in [3.05, 3.63) is 65.1 Å². The Morgan fingerprint density at radius 2 is 1.87 bits per heavy atom. The summed E-state index contributed by atoms with van der Waals surface area (Å²) >= 11 is 0. The van der Waals surface area contributed by atoms with Gasteiger partial charge in [-0.05, 0) is 44.0 Å². The molecule has 1 heterocycles. The molecule has 1 atom stereocenters. The third-order valence-corrected chi connectivity index (χ3v) is 5.40. The lowest BCUT2D eigenvalue weighted by atomic mass is 10.2. The molecule has 0 unspecified atom stereocenters. The molecule has 13 heteroatoms. The van der Waals surface area contributed by atoms with E-state index in [0.29, 0.717) is 18.9 Å². The molecular formula is C26H27F4N3O6. The van der Waals surface area contributed by atoms with Gasteiger partial charge in [0.05, 0.1) is 19.8 Å². The molecular weight excluding hydrogens is 526 g/mol. The van der Waals surface area contributed by atoms with Crippen molar-refractivity contribution < 1.29 is 45.8 Å². The molecule has 3 aromatic rings. The van der Waals surface area contributed by atoms with Crippen LogP contribution in [0.4, 0.5) is 17.6 Å². The average molecular weight is 554 g/mol. The van der Waals surface area contributed by atoms with Crippen LogP contribution in [0.3, 0.4) is 0 Å². The number of benzene rings is 2. The Labute approximate surface area is 221 Å². The standard InChI is InChI=1S/C26H27F4N3O6/c1-14(31)23-22(24(35)32-13-16-6-8-17(27)12-18(16)28)33-25(39-23)15-7-9-19(38-26(29)30)20(11-15)37-10-4-3-5-21(34)36-2/h6-9,11-12,14,26H,3-5,10,13,31H2,1-2H3,(H,32,35)/t14-/m0/s1. The summed E-state index contributed by atoms with van der Waals surface area (Å²) in [5, 5.41) is 2.49. The lowest BCUT2D eigenvalue weighted by Crippen LogP contribution is -2.25. The van der Waals surface area contributed by atoms with E-state index in [-0.39, 0.29) is 65.5 Å². The van der Waals surface area contributed by atoms with Crippen LogP contribution in [-0.4, -0.2) is 37.2 Å². The Morgan fingerprint density at radius 1 is 1.10 bits per heavy atom. The number of nitrogens with one attached hydrogen (secondary N) is 1. The van der Waals surface area contributed by atoms with Crippen molar-refractivity contribution in [2.24, 2.45) is 5.73 Å². The van der Waals surface area contributed by atoms with Gasteiger partial charge in [-0.3, -0.25) is 9.59 Å². The highest BCUT2D eigenvalue weighted by Gasteiger charge is 2.24. The van der Waals surface area contributed by atoms with Crippen LogP contribution in [-0.2, 0) is 16.1 Å². The maximum atomic E-state index is 13.9. The largest absolute Gasteiger partial charge is 0.490 e. The summed E-state index contributed by atoms with van der Waals surface area (Å²) in [5.74, 6) is -2.98. The minimum absolute atomic E-state index is 0.0280. The summed E-state index contributed by atoms with van der Waals surface area (Å²) in [4.78, 5) is 28.3. The number of methoxy groups -OCH3 is 1. The first kappa shape index (κ1) is 29.4. The number of alkyl halides is 2. The molecule has 0 saturated heterocycles. The van der Waals surface area contributed by atoms with Gasteiger partial charge in [-0.2, -0.15) is 8.78 Å². The van der Waals surface area contributed by atoms with Crippen LogP contribution >= 0.6 is 0 Å². The quantitative estimate of drug-likeness (QED) is 0.174. The van der Waals surface area contributed by atoms with Crippen LogP contribution in [0.15, 0.2) is 40.8 Å². The Kier molecular flexibility index (Phi) is 10.3. The summed E-state index contributed by atoms with van der Waals surface area (Å²) in [6.07, 6.45) is 1.06. The molecule has 39 heavy (non-hydrogen) atoms. The molecule has 0 bridgehead atoms. The number of amides is 1. The number of hydrogen-bond acceptors (Lipinski definition) is 8. The third kappa shape index (κ3) is 8.18. The van der Waals surface area contributed by atoms with E-state index in [2.05, 4.69) is 19.8 Å². The first-order chi connectivity index (χ1) is 18.6. The summed E-state index contributed by atoms with van der Waals surface area (Å²) in [7, 11) is 1.28. The van der Waals surface area contributed by atoms with Crippen LogP contribution in [0.2, 0.25) is 0 Å². The number of halogens is 4. The maximum Gasteiger partial charge on any atom is 0.387 e. The molecule has 0 aliphatic heterocycles. The van der Waals surface area contributed by atoms with Gasteiger partial charge in [0.15, 0.2) is 23.0 Å². The number of carbonyl (C=O) groups excluding carboxylic acids is 2. The molecule has 1 aromatic heterocycles. The van der Waals surface area contributed by atoms with Gasteiger partial charge < -0.3 is 29.7 Å². The molecule has 1 amide bonds. The monoisotopic (exact) mass is 553 g/mol. The Morgan fingerprint density at radius 3 is 2.54 bits per heavy atom. The highest BCUT2D eigenvalue weighted by molar-refractivity contribution is 5.94. The summed E-state index contributed by atoms with van der Waals surface area (Å²) in [6, 6.07) is 6.17. The van der Waals surface area contributed by atoms with E-state index in [0.717, 1.165) is 6.07 Å². The molecule has 0 radical (unpaired) electrons. The van der Waals surface area contributed by atoms with Crippen LogP contribution in [0.5, 0.6) is 11.5 Å². The topological polar surface area (TPSA) is 126 Å². The summed E-state index contributed by atoms with van der Waals surface area (Å²) < 4.78 is 73.3. The molecule has 0 spiro atoms. The molecule has 2 aromatic carbocycles. The number of nitrogens with zero attached hydrogens (tertiary/aromatic N) is 1. The second-order valence-electron chi connectivity index (χ2n) is 8.36. The van der Waals surface area contributed by atoms with Gasteiger partial charge >= 0.3 is 12.6 Å². The number of hydrogen-bond donors (Lipinski definition) is 2. The molecule has 3 N–H and O–H groups in total. The third-order valence-electron chi connectivity index (χ3n) is 5.40. The molecule has 0 fully saturated rings. The van der Waals surface area contributed by atoms with E-state index in [4.69, 9.17) is 14.9 Å². The fourth-order valence-electron chi connectivity index (χ4n) is 3.45. The van der Waals surface area contributed by atoms with Crippen molar-refractivity contribution in [3.63, 3.8) is 0 Å². The number of esters is 1. The number of unbranched alkanes of at least 4 members (excludes halogenated alkanes) is 1. The second kappa shape index (κ2) is 13.6. The first-order valence-corrected chi connectivity index (χ1v) is 11.9. The van der Waals surface area contributed by atoms with Crippen molar-refractivity contribution in [1.29, 1.82) is 0 Å². The summed E-state index contributed by atoms with van der Waals surface area (Å²) in [6.45, 7) is -1.71. The fourth-order valence-corrected chi connectivity index (χ4v) is 3.45. The van der Waals surface area contributed by atoms with E-state index >= 15 is 0 Å². The zero-order chi connectivity index (χ0) is 28.5. The van der Waals surface area contributed by atoms with Gasteiger partial charge in [-0.25, -0.2) is 13.8 Å². The number of aromatic nitrogens is 1. The van der Waals surface area contributed by atoms with Crippen LogP contribution in [0, 0.1) is 11.6 Å². The average Bonchev–Trinajstić information content (AvgIpc) is 3.34. The fraction of sp³-hybridized carbons (Fsp3) is 0.346. The number of nitrogens with two attached hydrogens (primary N) is 1. The van der Waals surface area contributed by atoms with Crippen molar-refractivity contribution in [2.45, 2.75) is 45.4 Å². The van der Waals surface area contributed by atoms with Crippen LogP contribution < -0.4 is 20.5 Å². The zero-order valence-electron chi connectivity index (χ0n) is 21.1. The lowest BCUT2D eigenvalue weighted by Gasteiger charge is -2.13. The second-order valence-corrected chi connectivity index (χ2v) is 8.36. The molecule has 210 valence electrons. The lowest BCUT2D eigenvalue weighted by molar-refractivity contribution is -0.140. The first-order valence-electron chi connectivity index (χ1n) is 11.9. The van der Waals surface area contributed by atoms with Crippen molar-refractivity contribution in [1.82, 2.24) is 10.3 Å². The van der Waals surface area contributed by atoms with Crippen molar-refractivity contribution in [2.75, 3.05) is 13.7 Å². The van der Waals surface area contributed by atoms with E-state index in [9.17, 15) is 27.2 Å². The Balaban J connectivity index is 1.80. The van der Waals surface area contributed by atoms with E-state index in [1.165, 1.54) is 31.4 Å². The molecule has 0 saturated carbocycles. The zero-order valence-corrected chi connectivity index (χ0v) is 21.1. The summed E-state index contributed by atoms with van der Waals surface area (Å²) in [5.41, 5.74) is 6.11. The maximum absolute atomic E-state index is 13.9. The number of carbonyl (C=O) groups is 2. The molecule has 9 nitrogen and oxygen atoms in total. The van der Waals surface area contributed by atoms with E-state index < -0.39 is 30.2 Å². The minimum atomic E-state index is -3.11. The van der Waals surface area contributed by atoms with Crippen molar-refractivity contribution in [3.8, 4) is 23.0 Å². The van der Waals surface area contributed by atoms with Gasteiger partial charge in [0.25, 0.3) is 5.91 Å². The minimum Gasteiger partial charge on any atom is -0.490 e. The van der Waals surface area contributed by atoms with Gasteiger partial charge in [0.1, 0.15) is 11.6 Å². The van der Waals surface area contributed by atoms with Gasteiger partial charge in [0, 0.05) is 30.2 Å². The highest BCUT2D eigenvalue weighted by atomic mass is 19.3.